The number of thiazole rings is 1. The third kappa shape index (κ3) is 5.51. The van der Waals surface area contributed by atoms with Crippen molar-refractivity contribution in [2.75, 3.05) is 5.75 Å². The molecule has 174 valence electrons. The quantitative estimate of drug-likeness (QED) is 0.289. The molecule has 2 aromatic heterocycles. The van der Waals surface area contributed by atoms with E-state index in [4.69, 9.17) is 8.97 Å². The average Bonchev–Trinajstić information content (AvgIpc) is 3.38. The van der Waals surface area contributed by atoms with E-state index in [9.17, 15) is 17.7 Å². The van der Waals surface area contributed by atoms with E-state index in [0.29, 0.717) is 5.52 Å². The minimum atomic E-state index is -3.98. The van der Waals surface area contributed by atoms with Crippen LogP contribution in [0.25, 0.3) is 21.3 Å². The van der Waals surface area contributed by atoms with Crippen LogP contribution in [0.15, 0.2) is 52.9 Å². The molecule has 0 amide bonds. The summed E-state index contributed by atoms with van der Waals surface area (Å²) in [6.45, 7) is 1.15. The Morgan fingerprint density at radius 2 is 1.91 bits per heavy atom. The summed E-state index contributed by atoms with van der Waals surface area (Å²) in [5, 5.41) is 16.2. The minimum absolute atomic E-state index is 0.0582. The van der Waals surface area contributed by atoms with Crippen molar-refractivity contribution in [3.63, 3.8) is 0 Å². The van der Waals surface area contributed by atoms with E-state index >= 15 is 0 Å². The maximum absolute atomic E-state index is 13.2. The Morgan fingerprint density at radius 3 is 2.61 bits per heavy atom. The van der Waals surface area contributed by atoms with E-state index in [2.05, 4.69) is 19.9 Å². The van der Waals surface area contributed by atoms with Gasteiger partial charge in [-0.15, -0.1) is 21.5 Å². The van der Waals surface area contributed by atoms with Gasteiger partial charge in [-0.3, -0.25) is 4.55 Å². The largest absolute Gasteiger partial charge is 0.422 e. The zero-order chi connectivity index (χ0) is 23.6. The molecule has 4 rings (SSSR count). The summed E-state index contributed by atoms with van der Waals surface area (Å²) in [5.41, 5.74) is 2.59. The second kappa shape index (κ2) is 9.75. The highest BCUT2D eigenvalue weighted by molar-refractivity contribution is 7.92. The number of fused-ring (bicyclic) bond motifs is 1. The first-order valence-corrected chi connectivity index (χ1v) is 13.4. The second-order valence-electron chi connectivity index (χ2n) is 7.26. The lowest BCUT2D eigenvalue weighted by Gasteiger charge is -2.13. The van der Waals surface area contributed by atoms with E-state index in [-0.39, 0.29) is 23.3 Å². The first-order chi connectivity index (χ1) is 15.7. The van der Waals surface area contributed by atoms with Crippen LogP contribution in [0.3, 0.4) is 0 Å². The third-order valence-electron chi connectivity index (χ3n) is 4.62. The van der Waals surface area contributed by atoms with E-state index in [1.165, 1.54) is 18.3 Å². The van der Waals surface area contributed by atoms with E-state index in [0.717, 1.165) is 15.8 Å². The smallest absolute Gasteiger partial charge is 0.241 e. The van der Waals surface area contributed by atoms with Gasteiger partial charge in [0.05, 0.1) is 28.6 Å². The highest BCUT2D eigenvalue weighted by Gasteiger charge is 2.37. The zero-order valence-corrected chi connectivity index (χ0v) is 19.7. The van der Waals surface area contributed by atoms with Crippen LogP contribution in [0.4, 0.5) is 0 Å². The Kier molecular flexibility index (Phi) is 6.97. The van der Waals surface area contributed by atoms with Crippen molar-refractivity contribution in [3.8, 4) is 11.1 Å². The molecule has 0 saturated heterocycles. The molecule has 3 unspecified atom stereocenters. The van der Waals surface area contributed by atoms with Crippen LogP contribution in [0.1, 0.15) is 29.0 Å². The maximum Gasteiger partial charge on any atom is 0.241 e. The molecule has 4 aromatic rings. The van der Waals surface area contributed by atoms with Crippen molar-refractivity contribution in [1.29, 1.82) is 0 Å². The number of benzene rings is 2. The highest BCUT2D eigenvalue weighted by atomic mass is 32.2. The van der Waals surface area contributed by atoms with Gasteiger partial charge in [0.1, 0.15) is 5.01 Å². The molecule has 3 N–H and O–H groups in total. The van der Waals surface area contributed by atoms with Gasteiger partial charge in [0.25, 0.3) is 0 Å². The molecule has 0 spiro atoms. The number of hydrogen-bond acceptors (Lipinski definition) is 9. The summed E-state index contributed by atoms with van der Waals surface area (Å²) in [5.74, 6) is -0.810. The number of sulfone groups is 1. The minimum Gasteiger partial charge on any atom is -0.422 e. The summed E-state index contributed by atoms with van der Waals surface area (Å²) >= 11 is -1.11. The maximum atomic E-state index is 13.2. The van der Waals surface area contributed by atoms with E-state index < -0.39 is 38.2 Å². The molecule has 2 aromatic carbocycles. The van der Waals surface area contributed by atoms with E-state index in [1.807, 2.05) is 48.5 Å². The Labute approximate surface area is 196 Å². The van der Waals surface area contributed by atoms with Crippen LogP contribution in [-0.2, 0) is 27.6 Å². The van der Waals surface area contributed by atoms with Crippen LogP contribution in [0.2, 0.25) is 0 Å². The normalized spacial score (nSPS) is 14.9. The molecule has 0 saturated carbocycles. The topological polar surface area (TPSA) is 156 Å². The van der Waals surface area contributed by atoms with Crippen molar-refractivity contribution in [3.05, 3.63) is 65.3 Å². The average molecular weight is 509 g/mol. The number of nitrogens with zero attached hydrogens (tertiary/aromatic N) is 3. The predicted molar refractivity (Wildman–Crippen MR) is 124 cm³/mol. The molecule has 13 heteroatoms. The first-order valence-electron chi connectivity index (χ1n) is 9.75. The van der Waals surface area contributed by atoms with Crippen molar-refractivity contribution >= 4 is 42.7 Å². The summed E-state index contributed by atoms with van der Waals surface area (Å²) in [7, 11) is -3.98. The number of rotatable bonds is 9. The Hall–Kier alpha value is -2.55. The zero-order valence-electron chi connectivity index (χ0n) is 17.3. The molecule has 10 nitrogen and oxygen atoms in total. The Morgan fingerprint density at radius 1 is 1.15 bits per heavy atom. The van der Waals surface area contributed by atoms with Gasteiger partial charge in [-0.05, 0) is 30.2 Å². The standard InChI is InChI=1S/C20H20N4O6S3/c1-12(25)11-33(28,29)18(19-24-23-17(30-19)10-21-32(26)27)20-22-15-8-7-14(9-16(15)31-20)13-5-3-2-4-6-13/h2-9,12,18,21,25H,10-11H2,1H3,(H,26,27). The van der Waals surface area contributed by atoms with Crippen molar-refractivity contribution in [2.45, 2.75) is 24.8 Å². The summed E-state index contributed by atoms with van der Waals surface area (Å²) in [6.07, 6.45) is -1.11. The molecule has 0 bridgehead atoms. The van der Waals surface area contributed by atoms with Crippen LogP contribution < -0.4 is 4.72 Å². The lowest BCUT2D eigenvalue weighted by Crippen LogP contribution is -2.24. The van der Waals surface area contributed by atoms with Crippen molar-refractivity contribution in [2.24, 2.45) is 0 Å². The molecule has 2 heterocycles. The molecule has 0 radical (unpaired) electrons. The van der Waals surface area contributed by atoms with Gasteiger partial charge in [-0.1, -0.05) is 36.4 Å². The van der Waals surface area contributed by atoms with Crippen LogP contribution in [-0.4, -0.2) is 49.3 Å². The van der Waals surface area contributed by atoms with Crippen molar-refractivity contribution < 1.29 is 26.7 Å². The number of aromatic nitrogens is 3. The predicted octanol–water partition coefficient (Wildman–Crippen LogP) is 2.46. The van der Waals surface area contributed by atoms with Gasteiger partial charge in [0.15, 0.2) is 15.1 Å². The lowest BCUT2D eigenvalue weighted by atomic mass is 10.1. The van der Waals surface area contributed by atoms with Crippen molar-refractivity contribution in [1.82, 2.24) is 19.9 Å². The molecular weight excluding hydrogens is 488 g/mol. The highest BCUT2D eigenvalue weighted by Crippen LogP contribution is 2.37. The SMILES string of the molecule is CC(O)CS(=O)(=O)C(c1nnc(CNS(=O)O)o1)c1nc2ccc(-c3ccccc3)cc2s1. The summed E-state index contributed by atoms with van der Waals surface area (Å²) in [6, 6.07) is 15.4. The number of aliphatic hydroxyl groups is 1. The van der Waals surface area contributed by atoms with Crippen LogP contribution in [0.5, 0.6) is 0 Å². The van der Waals surface area contributed by atoms with Crippen LogP contribution >= 0.6 is 11.3 Å². The van der Waals surface area contributed by atoms with Gasteiger partial charge in [-0.25, -0.2) is 22.3 Å². The molecule has 3 atom stereocenters. The Balaban J connectivity index is 1.76. The molecular formula is C20H20N4O6S3. The van der Waals surface area contributed by atoms with Gasteiger partial charge in [-0.2, -0.15) is 0 Å². The molecule has 33 heavy (non-hydrogen) atoms. The fraction of sp³-hybridized carbons (Fsp3) is 0.250. The van der Waals surface area contributed by atoms with Gasteiger partial charge in [0, 0.05) is 0 Å². The fourth-order valence-electron chi connectivity index (χ4n) is 3.28. The number of hydrogen-bond donors (Lipinski definition) is 3. The number of nitrogens with one attached hydrogen (secondary N) is 1. The van der Waals surface area contributed by atoms with E-state index in [1.54, 1.807) is 0 Å². The van der Waals surface area contributed by atoms with Crippen LogP contribution in [0, 0.1) is 0 Å². The summed E-state index contributed by atoms with van der Waals surface area (Å²) < 4.78 is 54.5. The molecule has 0 aliphatic heterocycles. The first kappa shape index (κ1) is 23.6. The fourth-order valence-corrected chi connectivity index (χ4v) is 6.72. The third-order valence-corrected chi connectivity index (χ3v) is 8.34. The molecule has 0 aliphatic rings. The monoisotopic (exact) mass is 508 g/mol. The molecule has 0 fully saturated rings. The molecule has 0 aliphatic carbocycles. The summed E-state index contributed by atoms with van der Waals surface area (Å²) in [4.78, 5) is 4.51. The van der Waals surface area contributed by atoms with Gasteiger partial charge >= 0.3 is 0 Å². The Bertz CT molecular complexity index is 1390. The number of aliphatic hydroxyl groups excluding tert-OH is 1. The lowest BCUT2D eigenvalue weighted by molar-refractivity contribution is 0.217. The van der Waals surface area contributed by atoms with Gasteiger partial charge in [0.2, 0.25) is 23.0 Å². The van der Waals surface area contributed by atoms with Gasteiger partial charge < -0.3 is 9.52 Å². The second-order valence-corrected chi connectivity index (χ2v) is 11.2.